The van der Waals surface area contributed by atoms with Gasteiger partial charge in [-0.15, -0.1) is 0 Å². The molecule has 0 amide bonds. The molecular formula is C11H17N3. The van der Waals surface area contributed by atoms with Crippen LogP contribution in [0.3, 0.4) is 0 Å². The van der Waals surface area contributed by atoms with Crippen molar-refractivity contribution in [1.82, 2.24) is 9.97 Å². The lowest BCUT2D eigenvalue weighted by Gasteiger charge is -2.07. The Morgan fingerprint density at radius 1 is 1.43 bits per heavy atom. The van der Waals surface area contributed by atoms with Crippen molar-refractivity contribution in [3.8, 4) is 0 Å². The number of nitrogens with one attached hydrogen (secondary N) is 1. The Balaban J connectivity index is 2.00. The average molecular weight is 191 g/mol. The second-order valence-corrected chi connectivity index (χ2v) is 3.96. The third-order valence-electron chi connectivity index (χ3n) is 2.91. The number of hydrogen-bond acceptors (Lipinski definition) is 3. The Labute approximate surface area is 85.0 Å². The molecule has 2 rings (SSSR count). The van der Waals surface area contributed by atoms with E-state index in [1.165, 1.54) is 25.7 Å². The van der Waals surface area contributed by atoms with E-state index < -0.39 is 0 Å². The summed E-state index contributed by atoms with van der Waals surface area (Å²) in [5.41, 5.74) is 0. The maximum absolute atomic E-state index is 4.43. The minimum atomic E-state index is 0.821. The zero-order valence-electron chi connectivity index (χ0n) is 8.66. The summed E-state index contributed by atoms with van der Waals surface area (Å²) >= 11 is 0. The van der Waals surface area contributed by atoms with E-state index in [0.29, 0.717) is 0 Å². The maximum atomic E-state index is 4.43. The van der Waals surface area contributed by atoms with Crippen LogP contribution in [-0.4, -0.2) is 17.0 Å². The van der Waals surface area contributed by atoms with Gasteiger partial charge in [0, 0.05) is 19.7 Å². The van der Waals surface area contributed by atoms with Gasteiger partial charge in [-0.05, 0) is 12.0 Å². The molecule has 0 radical (unpaired) electrons. The molecule has 14 heavy (non-hydrogen) atoms. The van der Waals surface area contributed by atoms with Gasteiger partial charge < -0.3 is 5.32 Å². The zero-order valence-corrected chi connectivity index (χ0v) is 8.66. The summed E-state index contributed by atoms with van der Waals surface area (Å²) in [5.74, 6) is 2.74. The van der Waals surface area contributed by atoms with Gasteiger partial charge in [0.05, 0.1) is 0 Å². The van der Waals surface area contributed by atoms with Gasteiger partial charge in [0.1, 0.15) is 11.6 Å². The van der Waals surface area contributed by atoms with Crippen molar-refractivity contribution in [3.63, 3.8) is 0 Å². The van der Waals surface area contributed by atoms with Crippen LogP contribution < -0.4 is 5.32 Å². The van der Waals surface area contributed by atoms with Crippen LogP contribution in [0.5, 0.6) is 0 Å². The van der Waals surface area contributed by atoms with Crippen molar-refractivity contribution in [2.45, 2.75) is 32.1 Å². The molecule has 0 atom stereocenters. The van der Waals surface area contributed by atoms with Crippen LogP contribution in [-0.2, 0) is 6.42 Å². The lowest BCUT2D eigenvalue weighted by molar-refractivity contribution is 0.530. The molecule has 1 N–H and O–H groups in total. The van der Waals surface area contributed by atoms with E-state index in [2.05, 4.69) is 15.3 Å². The Hall–Kier alpha value is -1.12. The van der Waals surface area contributed by atoms with E-state index in [0.717, 1.165) is 24.0 Å². The van der Waals surface area contributed by atoms with E-state index in [1.54, 1.807) is 0 Å². The van der Waals surface area contributed by atoms with E-state index in [1.807, 2.05) is 19.3 Å². The molecule has 1 aliphatic rings. The second-order valence-electron chi connectivity index (χ2n) is 3.96. The minimum Gasteiger partial charge on any atom is -0.373 e. The normalized spacial score (nSPS) is 17.2. The smallest absolute Gasteiger partial charge is 0.130 e. The molecule has 0 bridgehead atoms. The quantitative estimate of drug-likeness (QED) is 0.796. The minimum absolute atomic E-state index is 0.821. The van der Waals surface area contributed by atoms with Crippen molar-refractivity contribution >= 4 is 5.82 Å². The highest BCUT2D eigenvalue weighted by atomic mass is 15.0. The molecule has 1 saturated carbocycles. The van der Waals surface area contributed by atoms with Crippen molar-refractivity contribution < 1.29 is 0 Å². The Kier molecular flexibility index (Phi) is 2.96. The Bertz CT molecular complexity index is 292. The predicted octanol–water partition coefficient (Wildman–Crippen LogP) is 2.25. The molecule has 1 fully saturated rings. The van der Waals surface area contributed by atoms with Crippen LogP contribution in [0.4, 0.5) is 5.82 Å². The largest absolute Gasteiger partial charge is 0.373 e. The summed E-state index contributed by atoms with van der Waals surface area (Å²) < 4.78 is 0. The third kappa shape index (κ3) is 2.22. The van der Waals surface area contributed by atoms with Crippen LogP contribution in [0, 0.1) is 5.92 Å². The summed E-state index contributed by atoms with van der Waals surface area (Å²) in [6.45, 7) is 0. The van der Waals surface area contributed by atoms with E-state index in [9.17, 15) is 0 Å². The molecule has 1 aromatic rings. The summed E-state index contributed by atoms with van der Waals surface area (Å²) in [4.78, 5) is 8.73. The van der Waals surface area contributed by atoms with Crippen LogP contribution in [0.15, 0.2) is 12.3 Å². The van der Waals surface area contributed by atoms with Gasteiger partial charge >= 0.3 is 0 Å². The fraction of sp³-hybridized carbons (Fsp3) is 0.636. The van der Waals surface area contributed by atoms with Crippen molar-refractivity contribution in [1.29, 1.82) is 0 Å². The molecule has 1 heterocycles. The van der Waals surface area contributed by atoms with Crippen LogP contribution >= 0.6 is 0 Å². The van der Waals surface area contributed by atoms with Gasteiger partial charge in [-0.2, -0.15) is 0 Å². The fourth-order valence-electron chi connectivity index (χ4n) is 2.11. The van der Waals surface area contributed by atoms with Gasteiger partial charge in [-0.25, -0.2) is 9.97 Å². The molecule has 1 aromatic heterocycles. The number of aromatic nitrogens is 2. The van der Waals surface area contributed by atoms with E-state index in [-0.39, 0.29) is 0 Å². The second kappa shape index (κ2) is 4.40. The molecular weight excluding hydrogens is 174 g/mol. The zero-order chi connectivity index (χ0) is 9.80. The summed E-state index contributed by atoms with van der Waals surface area (Å²) in [6, 6.07) is 1.90. The highest BCUT2D eigenvalue weighted by molar-refractivity contribution is 5.31. The molecule has 76 valence electrons. The van der Waals surface area contributed by atoms with Crippen LogP contribution in [0.25, 0.3) is 0 Å². The first-order valence-corrected chi connectivity index (χ1v) is 5.38. The van der Waals surface area contributed by atoms with Gasteiger partial charge in [0.25, 0.3) is 0 Å². The summed E-state index contributed by atoms with van der Waals surface area (Å²) in [5, 5.41) is 3.04. The molecule has 0 unspecified atom stereocenters. The molecule has 3 heteroatoms. The average Bonchev–Trinajstić information content (AvgIpc) is 2.71. The fourth-order valence-corrected chi connectivity index (χ4v) is 2.11. The maximum Gasteiger partial charge on any atom is 0.130 e. The van der Waals surface area contributed by atoms with Gasteiger partial charge in [0.15, 0.2) is 0 Å². The molecule has 1 aliphatic carbocycles. The lowest BCUT2D eigenvalue weighted by Crippen LogP contribution is -2.05. The van der Waals surface area contributed by atoms with Gasteiger partial charge in [0.2, 0.25) is 0 Å². The predicted molar refractivity (Wildman–Crippen MR) is 57.2 cm³/mol. The van der Waals surface area contributed by atoms with Crippen molar-refractivity contribution in [2.24, 2.45) is 5.92 Å². The SMILES string of the molecule is CNc1ccnc(CC2CCCC2)n1. The first-order valence-electron chi connectivity index (χ1n) is 5.38. The Morgan fingerprint density at radius 2 is 2.21 bits per heavy atom. The molecule has 0 aliphatic heterocycles. The number of hydrogen-bond donors (Lipinski definition) is 1. The number of nitrogens with zero attached hydrogens (tertiary/aromatic N) is 2. The monoisotopic (exact) mass is 191 g/mol. The van der Waals surface area contributed by atoms with Crippen molar-refractivity contribution in [2.75, 3.05) is 12.4 Å². The van der Waals surface area contributed by atoms with E-state index in [4.69, 9.17) is 0 Å². The lowest BCUT2D eigenvalue weighted by atomic mass is 10.0. The van der Waals surface area contributed by atoms with Crippen LogP contribution in [0.1, 0.15) is 31.5 Å². The standard InChI is InChI=1S/C11H17N3/c1-12-10-6-7-13-11(14-10)8-9-4-2-3-5-9/h6-7,9H,2-5,8H2,1H3,(H,12,13,14). The molecule has 3 nitrogen and oxygen atoms in total. The summed E-state index contributed by atoms with van der Waals surface area (Å²) in [7, 11) is 1.89. The number of rotatable bonds is 3. The third-order valence-corrected chi connectivity index (χ3v) is 2.91. The first kappa shape index (κ1) is 9.44. The summed E-state index contributed by atoms with van der Waals surface area (Å²) in [6.07, 6.45) is 8.37. The highest BCUT2D eigenvalue weighted by Gasteiger charge is 2.16. The van der Waals surface area contributed by atoms with Gasteiger partial charge in [-0.3, -0.25) is 0 Å². The van der Waals surface area contributed by atoms with Gasteiger partial charge in [-0.1, -0.05) is 25.7 Å². The molecule has 0 saturated heterocycles. The topological polar surface area (TPSA) is 37.8 Å². The number of anilines is 1. The van der Waals surface area contributed by atoms with E-state index >= 15 is 0 Å². The molecule has 0 aromatic carbocycles. The highest BCUT2D eigenvalue weighted by Crippen LogP contribution is 2.27. The first-order chi connectivity index (χ1) is 6.88. The Morgan fingerprint density at radius 3 is 2.93 bits per heavy atom. The van der Waals surface area contributed by atoms with Crippen LogP contribution in [0.2, 0.25) is 0 Å². The molecule has 0 spiro atoms. The van der Waals surface area contributed by atoms with Crippen molar-refractivity contribution in [3.05, 3.63) is 18.1 Å².